The first-order valence-electron chi connectivity index (χ1n) is 10.6. The summed E-state index contributed by atoms with van der Waals surface area (Å²) in [6, 6.07) is 9.80. The van der Waals surface area contributed by atoms with E-state index in [4.69, 9.17) is 11.6 Å². The zero-order valence-corrected chi connectivity index (χ0v) is 16.9. The molecule has 3 atom stereocenters. The number of nitrogens with zero attached hydrogens (tertiary/aromatic N) is 2. The molecular weight excluding hydrogens is 360 g/mol. The van der Waals surface area contributed by atoms with Gasteiger partial charge >= 0.3 is 0 Å². The van der Waals surface area contributed by atoms with Gasteiger partial charge in [0.25, 0.3) is 0 Å². The van der Waals surface area contributed by atoms with E-state index in [1.165, 1.54) is 31.2 Å². The molecule has 1 saturated carbocycles. The maximum atomic E-state index is 9.59. The highest BCUT2D eigenvalue weighted by molar-refractivity contribution is 6.30. The number of nitrogens with one attached hydrogen (secondary N) is 2. The van der Waals surface area contributed by atoms with Gasteiger partial charge in [0.2, 0.25) is 0 Å². The molecule has 0 spiro atoms. The van der Waals surface area contributed by atoms with Crippen LogP contribution in [-0.2, 0) is 0 Å². The zero-order valence-electron chi connectivity index (χ0n) is 16.1. The highest BCUT2D eigenvalue weighted by atomic mass is 35.5. The van der Waals surface area contributed by atoms with Gasteiger partial charge in [0.1, 0.15) is 0 Å². The van der Waals surface area contributed by atoms with Gasteiger partial charge in [0.15, 0.2) is 0 Å². The number of benzene rings is 1. The van der Waals surface area contributed by atoms with Crippen molar-refractivity contribution in [3.8, 4) is 0 Å². The number of aliphatic hydroxyl groups excluding tert-OH is 1. The van der Waals surface area contributed by atoms with Crippen LogP contribution >= 0.6 is 11.6 Å². The maximum absolute atomic E-state index is 9.59. The lowest BCUT2D eigenvalue weighted by Gasteiger charge is -2.45. The smallest absolute Gasteiger partial charge is 0.0515 e. The summed E-state index contributed by atoms with van der Waals surface area (Å²) in [5.41, 5.74) is 8.10. The summed E-state index contributed by atoms with van der Waals surface area (Å²) < 4.78 is 0. The minimum atomic E-state index is 0.293. The second-order valence-electron chi connectivity index (χ2n) is 8.42. The fourth-order valence-electron chi connectivity index (χ4n) is 5.29. The largest absolute Gasteiger partial charge is 0.396 e. The lowest BCUT2D eigenvalue weighted by molar-refractivity contribution is 0.0237. The van der Waals surface area contributed by atoms with Crippen LogP contribution in [0.25, 0.3) is 0 Å². The molecule has 1 aliphatic carbocycles. The highest BCUT2D eigenvalue weighted by Crippen LogP contribution is 2.30. The molecule has 2 heterocycles. The molecule has 5 nitrogen and oxygen atoms in total. The molecule has 2 saturated heterocycles. The molecule has 4 rings (SSSR count). The van der Waals surface area contributed by atoms with Crippen molar-refractivity contribution in [3.63, 3.8) is 0 Å². The SMILES string of the molecule is OCCC1CN(CC2CNNC2c2ccc(Cl)cc2)CCN1C1CCCC1. The van der Waals surface area contributed by atoms with Crippen LogP contribution in [0.2, 0.25) is 5.02 Å². The quantitative estimate of drug-likeness (QED) is 0.694. The Morgan fingerprint density at radius 2 is 1.89 bits per heavy atom. The van der Waals surface area contributed by atoms with Crippen LogP contribution in [0.5, 0.6) is 0 Å². The summed E-state index contributed by atoms with van der Waals surface area (Å²) in [6.45, 7) is 5.74. The highest BCUT2D eigenvalue weighted by Gasteiger charge is 2.35. The second-order valence-corrected chi connectivity index (χ2v) is 8.85. The van der Waals surface area contributed by atoms with Crippen molar-refractivity contribution in [2.24, 2.45) is 5.92 Å². The Hall–Kier alpha value is -0.690. The lowest BCUT2D eigenvalue weighted by atomic mass is 9.93. The molecule has 3 unspecified atom stereocenters. The van der Waals surface area contributed by atoms with Gasteiger partial charge in [-0.25, -0.2) is 5.43 Å². The predicted octanol–water partition coefficient (Wildman–Crippen LogP) is 2.42. The average molecular weight is 393 g/mol. The van der Waals surface area contributed by atoms with E-state index in [0.717, 1.165) is 50.2 Å². The van der Waals surface area contributed by atoms with Gasteiger partial charge in [-0.1, -0.05) is 36.6 Å². The van der Waals surface area contributed by atoms with E-state index < -0.39 is 0 Å². The van der Waals surface area contributed by atoms with E-state index in [1.54, 1.807) is 0 Å². The van der Waals surface area contributed by atoms with Crippen LogP contribution in [0, 0.1) is 5.92 Å². The Morgan fingerprint density at radius 1 is 1.11 bits per heavy atom. The standard InChI is InChI=1S/C21H33ClN4O/c22-18-7-5-16(6-8-18)21-17(13-23-24-21)14-25-10-11-26(19-3-1-2-4-19)20(15-25)9-12-27/h5-8,17,19-21,23-24,27H,1-4,9-15H2. The third kappa shape index (κ3) is 4.66. The number of rotatable bonds is 6. The molecule has 3 fully saturated rings. The summed E-state index contributed by atoms with van der Waals surface area (Å²) >= 11 is 6.05. The molecule has 3 aliphatic rings. The van der Waals surface area contributed by atoms with Crippen LogP contribution in [0.15, 0.2) is 24.3 Å². The van der Waals surface area contributed by atoms with Crippen molar-refractivity contribution in [2.45, 2.75) is 50.2 Å². The number of halogens is 1. The van der Waals surface area contributed by atoms with E-state index in [-0.39, 0.29) is 0 Å². The Morgan fingerprint density at radius 3 is 2.63 bits per heavy atom. The van der Waals surface area contributed by atoms with Gasteiger partial charge in [0, 0.05) is 62.4 Å². The topological polar surface area (TPSA) is 50.8 Å². The molecule has 1 aromatic rings. The number of piperazine rings is 1. The summed E-state index contributed by atoms with van der Waals surface area (Å²) in [4.78, 5) is 5.33. The molecule has 3 N–H and O–H groups in total. The third-order valence-corrected chi connectivity index (χ3v) is 6.94. The van der Waals surface area contributed by atoms with Gasteiger partial charge in [-0.2, -0.15) is 0 Å². The van der Waals surface area contributed by atoms with E-state index in [9.17, 15) is 5.11 Å². The molecule has 2 aliphatic heterocycles. The van der Waals surface area contributed by atoms with Gasteiger partial charge in [-0.15, -0.1) is 0 Å². The molecule has 0 bridgehead atoms. The van der Waals surface area contributed by atoms with Crippen molar-refractivity contribution in [3.05, 3.63) is 34.9 Å². The molecular formula is C21H33ClN4O. The van der Waals surface area contributed by atoms with Crippen LogP contribution in [-0.4, -0.2) is 66.3 Å². The van der Waals surface area contributed by atoms with Crippen molar-refractivity contribution in [2.75, 3.05) is 39.3 Å². The zero-order chi connectivity index (χ0) is 18.6. The van der Waals surface area contributed by atoms with E-state index in [0.29, 0.717) is 24.6 Å². The van der Waals surface area contributed by atoms with Crippen LogP contribution in [0.4, 0.5) is 0 Å². The summed E-state index contributed by atoms with van der Waals surface area (Å²) in [5, 5.41) is 10.4. The normalized spacial score (nSPS) is 31.0. The minimum absolute atomic E-state index is 0.293. The molecule has 0 radical (unpaired) electrons. The summed E-state index contributed by atoms with van der Waals surface area (Å²) in [5.74, 6) is 0.541. The number of hydrogen-bond acceptors (Lipinski definition) is 5. The van der Waals surface area contributed by atoms with Crippen LogP contribution in [0.1, 0.15) is 43.7 Å². The van der Waals surface area contributed by atoms with Crippen molar-refractivity contribution in [1.29, 1.82) is 0 Å². The molecule has 0 amide bonds. The van der Waals surface area contributed by atoms with Crippen LogP contribution in [0.3, 0.4) is 0 Å². The van der Waals surface area contributed by atoms with Gasteiger partial charge < -0.3 is 10.0 Å². The van der Waals surface area contributed by atoms with E-state index in [1.807, 2.05) is 12.1 Å². The molecule has 0 aromatic heterocycles. The predicted molar refractivity (Wildman–Crippen MR) is 110 cm³/mol. The monoisotopic (exact) mass is 392 g/mol. The fourth-order valence-corrected chi connectivity index (χ4v) is 5.41. The Labute approximate surface area is 168 Å². The van der Waals surface area contributed by atoms with Crippen molar-refractivity contribution < 1.29 is 5.11 Å². The molecule has 150 valence electrons. The van der Waals surface area contributed by atoms with Gasteiger partial charge in [-0.05, 0) is 37.0 Å². The average Bonchev–Trinajstić information content (AvgIpc) is 3.35. The summed E-state index contributed by atoms with van der Waals surface area (Å²) in [7, 11) is 0. The first-order chi connectivity index (χ1) is 13.2. The Balaban J connectivity index is 1.38. The molecule has 6 heteroatoms. The Kier molecular flexibility index (Phi) is 6.69. The van der Waals surface area contributed by atoms with E-state index in [2.05, 4.69) is 32.8 Å². The minimum Gasteiger partial charge on any atom is -0.396 e. The first-order valence-corrected chi connectivity index (χ1v) is 10.9. The van der Waals surface area contributed by atoms with Gasteiger partial charge in [-0.3, -0.25) is 10.3 Å². The van der Waals surface area contributed by atoms with E-state index >= 15 is 0 Å². The third-order valence-electron chi connectivity index (χ3n) is 6.68. The second kappa shape index (κ2) is 9.21. The summed E-state index contributed by atoms with van der Waals surface area (Å²) in [6.07, 6.45) is 6.33. The number of hydrogen-bond donors (Lipinski definition) is 3. The number of aliphatic hydroxyl groups is 1. The number of hydrazine groups is 1. The van der Waals surface area contributed by atoms with Gasteiger partial charge in [0.05, 0.1) is 6.04 Å². The van der Waals surface area contributed by atoms with Crippen molar-refractivity contribution >= 4 is 11.6 Å². The van der Waals surface area contributed by atoms with Crippen LogP contribution < -0.4 is 10.9 Å². The lowest BCUT2D eigenvalue weighted by Crippen LogP contribution is -2.57. The maximum Gasteiger partial charge on any atom is 0.0515 e. The molecule has 27 heavy (non-hydrogen) atoms. The van der Waals surface area contributed by atoms with Crippen molar-refractivity contribution in [1.82, 2.24) is 20.7 Å². The Bertz CT molecular complexity index is 592. The first kappa shape index (κ1) is 19.6. The fraction of sp³-hybridized carbons (Fsp3) is 0.714. The molecule has 1 aromatic carbocycles.